The van der Waals surface area contributed by atoms with Gasteiger partial charge in [-0.2, -0.15) is 10.2 Å². The van der Waals surface area contributed by atoms with Gasteiger partial charge in [-0.1, -0.05) is 0 Å². The number of fused-ring (bicyclic) bond motifs is 1. The Bertz CT molecular complexity index is 878. The smallest absolute Gasteiger partial charge is 0.171 e. The van der Waals surface area contributed by atoms with Crippen LogP contribution < -0.4 is 11.1 Å². The molecule has 23 heavy (non-hydrogen) atoms. The van der Waals surface area contributed by atoms with Crippen LogP contribution in [0.2, 0.25) is 0 Å². The molecule has 0 amide bonds. The van der Waals surface area contributed by atoms with E-state index in [1.807, 2.05) is 11.6 Å². The molecule has 0 spiro atoms. The molecule has 120 valence electrons. The fraction of sp³-hybridized carbons (Fsp3) is 0.429. The molecule has 1 fully saturated rings. The molecule has 0 bridgehead atoms. The third-order valence-corrected chi connectivity index (χ3v) is 4.26. The van der Waals surface area contributed by atoms with Gasteiger partial charge in [0.15, 0.2) is 11.9 Å². The van der Waals surface area contributed by atoms with Crippen molar-refractivity contribution in [1.29, 1.82) is 0 Å². The lowest BCUT2D eigenvalue weighted by molar-refractivity contribution is 0.202. The minimum atomic E-state index is -1.06. The lowest BCUT2D eigenvalue weighted by atomic mass is 10.2. The largest absolute Gasteiger partial charge is 0.383 e. The number of hydrogen-bond donors (Lipinski definition) is 4. The van der Waals surface area contributed by atoms with Crippen LogP contribution in [0.25, 0.3) is 11.0 Å². The quantitative estimate of drug-likeness (QED) is 0.529. The predicted octanol–water partition coefficient (Wildman–Crippen LogP) is 1.05. The first kappa shape index (κ1) is 13.9. The van der Waals surface area contributed by atoms with Gasteiger partial charge in [0.2, 0.25) is 0 Å². The van der Waals surface area contributed by atoms with Gasteiger partial charge in [-0.15, -0.1) is 0 Å². The lowest BCUT2D eigenvalue weighted by Crippen LogP contribution is -2.16. The molecule has 0 saturated heterocycles. The molecule has 0 aromatic carbocycles. The molecule has 9 heteroatoms. The number of nitrogens with two attached hydrogens (primary N) is 1. The first-order valence-corrected chi connectivity index (χ1v) is 7.44. The maximum atomic E-state index is 10.6. The Hall–Kier alpha value is -2.68. The average molecular weight is 314 g/mol. The molecule has 1 aliphatic rings. The van der Waals surface area contributed by atoms with Crippen LogP contribution in [0.4, 0.5) is 11.6 Å². The summed E-state index contributed by atoms with van der Waals surface area (Å²) < 4.78 is 1.84. The molecule has 3 heterocycles. The van der Waals surface area contributed by atoms with Gasteiger partial charge < -0.3 is 16.2 Å². The summed E-state index contributed by atoms with van der Waals surface area (Å²) in [5.74, 6) is 0.838. The Morgan fingerprint density at radius 3 is 2.87 bits per heavy atom. The molecule has 1 atom stereocenters. The zero-order valence-electron chi connectivity index (χ0n) is 12.9. The number of nitrogens with zero attached hydrogens (tertiary/aromatic N) is 5. The summed E-state index contributed by atoms with van der Waals surface area (Å²) in [6.45, 7) is 3.99. The summed E-state index contributed by atoms with van der Waals surface area (Å²) in [6, 6.07) is 1.80. The highest BCUT2D eigenvalue weighted by Crippen LogP contribution is 2.45. The van der Waals surface area contributed by atoms with Crippen molar-refractivity contribution >= 4 is 22.7 Å². The van der Waals surface area contributed by atoms with Gasteiger partial charge in [0.05, 0.1) is 10.9 Å². The van der Waals surface area contributed by atoms with Crippen molar-refractivity contribution in [1.82, 2.24) is 29.9 Å². The van der Waals surface area contributed by atoms with Crippen molar-refractivity contribution in [3.8, 4) is 0 Å². The Morgan fingerprint density at radius 1 is 1.43 bits per heavy atom. The van der Waals surface area contributed by atoms with Crippen LogP contribution in [0.3, 0.4) is 0 Å². The first-order valence-electron chi connectivity index (χ1n) is 7.44. The summed E-state index contributed by atoms with van der Waals surface area (Å²) in [7, 11) is 0. The number of nitrogens with one attached hydrogen (secondary N) is 2. The molecule has 1 saturated carbocycles. The SMILES string of the molecule is Cc1cc(NC(O)c2nn(C3(C)CC3)c3ncnc(N)c23)n[nH]1. The number of nitrogen functional groups attached to an aromatic ring is 1. The Morgan fingerprint density at radius 2 is 2.22 bits per heavy atom. The second-order valence-electron chi connectivity index (χ2n) is 6.23. The van der Waals surface area contributed by atoms with Crippen molar-refractivity contribution in [3.05, 3.63) is 23.8 Å². The van der Waals surface area contributed by atoms with Gasteiger partial charge in [0, 0.05) is 11.8 Å². The van der Waals surface area contributed by atoms with Crippen LogP contribution in [0, 0.1) is 6.92 Å². The summed E-state index contributed by atoms with van der Waals surface area (Å²) in [5.41, 5.74) is 7.88. The van der Waals surface area contributed by atoms with Gasteiger partial charge >= 0.3 is 0 Å². The maximum Gasteiger partial charge on any atom is 0.171 e. The number of H-pyrrole nitrogens is 1. The monoisotopic (exact) mass is 314 g/mol. The number of aromatic nitrogens is 6. The Labute approximate surface area is 131 Å². The van der Waals surface area contributed by atoms with Crippen molar-refractivity contribution < 1.29 is 5.11 Å². The van der Waals surface area contributed by atoms with Crippen LogP contribution in [-0.2, 0) is 5.54 Å². The van der Waals surface area contributed by atoms with Gasteiger partial charge in [-0.05, 0) is 26.7 Å². The van der Waals surface area contributed by atoms with E-state index in [1.165, 1.54) is 6.33 Å². The van der Waals surface area contributed by atoms with E-state index in [-0.39, 0.29) is 5.54 Å². The second kappa shape index (κ2) is 4.66. The summed E-state index contributed by atoms with van der Waals surface area (Å²) in [6.07, 6.45) is 2.41. The summed E-state index contributed by atoms with van der Waals surface area (Å²) >= 11 is 0. The molecule has 9 nitrogen and oxygen atoms in total. The van der Waals surface area contributed by atoms with Crippen molar-refractivity contribution in [2.75, 3.05) is 11.1 Å². The second-order valence-corrected chi connectivity index (χ2v) is 6.23. The number of aliphatic hydroxyl groups excluding tert-OH is 1. The fourth-order valence-corrected chi connectivity index (χ4v) is 2.66. The Balaban J connectivity index is 1.79. The number of rotatable bonds is 4. The molecule has 3 aromatic heterocycles. The normalized spacial score (nSPS) is 17.3. The zero-order chi connectivity index (χ0) is 16.2. The van der Waals surface area contributed by atoms with Gasteiger partial charge in [0.1, 0.15) is 23.7 Å². The molecule has 3 aromatic rings. The van der Waals surface area contributed by atoms with E-state index in [0.29, 0.717) is 28.4 Å². The van der Waals surface area contributed by atoms with E-state index in [2.05, 4.69) is 37.5 Å². The highest BCUT2D eigenvalue weighted by atomic mass is 16.3. The van der Waals surface area contributed by atoms with Crippen molar-refractivity contribution in [2.45, 2.75) is 38.5 Å². The van der Waals surface area contributed by atoms with E-state index < -0.39 is 6.23 Å². The van der Waals surface area contributed by atoms with E-state index in [4.69, 9.17) is 5.73 Å². The molecule has 0 aliphatic heterocycles. The van der Waals surface area contributed by atoms with Gasteiger partial charge in [-0.25, -0.2) is 14.6 Å². The number of anilines is 2. The summed E-state index contributed by atoms with van der Waals surface area (Å²) in [4.78, 5) is 8.34. The van der Waals surface area contributed by atoms with Crippen LogP contribution in [-0.4, -0.2) is 35.1 Å². The molecule has 0 radical (unpaired) electrons. The summed E-state index contributed by atoms with van der Waals surface area (Å²) in [5, 5.41) is 25.5. The fourth-order valence-electron chi connectivity index (χ4n) is 2.66. The first-order chi connectivity index (χ1) is 11.0. The minimum absolute atomic E-state index is 0.0695. The number of aromatic amines is 1. The van der Waals surface area contributed by atoms with Gasteiger partial charge in [0.25, 0.3) is 0 Å². The van der Waals surface area contributed by atoms with Crippen LogP contribution >= 0.6 is 0 Å². The van der Waals surface area contributed by atoms with Crippen LogP contribution in [0.15, 0.2) is 12.4 Å². The standard InChI is InChI=1S/C14H18N8O/c1-7-5-8(20-19-7)18-13(23)10-9-11(15)16-6-17-12(9)22(21-10)14(2)3-4-14/h5-6,13,23H,3-4H2,1-2H3,(H2,15,16,17)(H2,18,19,20). The number of aliphatic hydroxyl groups is 1. The van der Waals surface area contributed by atoms with E-state index in [0.717, 1.165) is 18.5 Å². The molecular weight excluding hydrogens is 296 g/mol. The van der Waals surface area contributed by atoms with E-state index >= 15 is 0 Å². The van der Waals surface area contributed by atoms with E-state index in [1.54, 1.807) is 6.07 Å². The third kappa shape index (κ3) is 2.20. The zero-order valence-corrected chi connectivity index (χ0v) is 12.9. The predicted molar refractivity (Wildman–Crippen MR) is 84.5 cm³/mol. The molecular formula is C14H18N8O. The molecule has 1 aliphatic carbocycles. The van der Waals surface area contributed by atoms with Crippen molar-refractivity contribution in [2.24, 2.45) is 0 Å². The average Bonchev–Trinajstić information content (AvgIpc) is 2.95. The highest BCUT2D eigenvalue weighted by molar-refractivity contribution is 5.88. The molecule has 5 N–H and O–H groups in total. The molecule has 1 unspecified atom stereocenters. The van der Waals surface area contributed by atoms with Crippen LogP contribution in [0.1, 0.15) is 37.4 Å². The Kier molecular flexibility index (Phi) is 2.82. The third-order valence-electron chi connectivity index (χ3n) is 4.26. The molecule has 4 rings (SSSR count). The lowest BCUT2D eigenvalue weighted by Gasteiger charge is -2.11. The number of hydrogen-bond acceptors (Lipinski definition) is 7. The van der Waals surface area contributed by atoms with Gasteiger partial charge in [-0.3, -0.25) is 5.10 Å². The highest BCUT2D eigenvalue weighted by Gasteiger charge is 2.43. The topological polar surface area (TPSA) is 131 Å². The van der Waals surface area contributed by atoms with E-state index in [9.17, 15) is 5.11 Å². The minimum Gasteiger partial charge on any atom is -0.383 e. The van der Waals surface area contributed by atoms with Crippen LogP contribution in [0.5, 0.6) is 0 Å². The number of aryl methyl sites for hydroxylation is 1. The maximum absolute atomic E-state index is 10.6. The van der Waals surface area contributed by atoms with Crippen molar-refractivity contribution in [3.63, 3.8) is 0 Å².